The van der Waals surface area contributed by atoms with Crippen LogP contribution in [0.5, 0.6) is 0 Å². The van der Waals surface area contributed by atoms with E-state index < -0.39 is 11.7 Å². The number of hydrogen-bond donors (Lipinski definition) is 0. The summed E-state index contributed by atoms with van der Waals surface area (Å²) in [4.78, 5) is 18.3. The molecule has 4 nitrogen and oxygen atoms in total. The monoisotopic (exact) mass is 330 g/mol. The number of halogens is 1. The van der Waals surface area contributed by atoms with Gasteiger partial charge in [-0.15, -0.1) is 0 Å². The first kappa shape index (κ1) is 15.8. The molecule has 0 fully saturated rings. The highest BCUT2D eigenvalue weighted by atomic mass is 35.5. The summed E-state index contributed by atoms with van der Waals surface area (Å²) >= 11 is 6.28. The highest BCUT2D eigenvalue weighted by Gasteiger charge is 2.28. The molecule has 0 aliphatic heterocycles. The smallest absolute Gasteiger partial charge is 0.414 e. The molecule has 1 heterocycles. The van der Waals surface area contributed by atoms with Gasteiger partial charge in [0.05, 0.1) is 11.4 Å². The largest absolute Gasteiger partial charge is 0.443 e. The molecule has 23 heavy (non-hydrogen) atoms. The molecule has 0 saturated carbocycles. The molecule has 0 unspecified atom stereocenters. The average molecular weight is 331 g/mol. The number of aromatic nitrogens is 1. The summed E-state index contributed by atoms with van der Waals surface area (Å²) in [5.41, 5.74) is 4.38. The van der Waals surface area contributed by atoms with Gasteiger partial charge < -0.3 is 4.74 Å². The zero-order valence-electron chi connectivity index (χ0n) is 13.7. The van der Waals surface area contributed by atoms with Crippen molar-refractivity contribution in [3.8, 4) is 11.1 Å². The van der Waals surface area contributed by atoms with Crippen molar-refractivity contribution in [3.05, 3.63) is 46.7 Å². The number of fused-ring (bicyclic) bond motifs is 3. The molecular weight excluding hydrogens is 312 g/mol. The van der Waals surface area contributed by atoms with Crippen molar-refractivity contribution in [3.63, 3.8) is 0 Å². The van der Waals surface area contributed by atoms with Gasteiger partial charge in [0.1, 0.15) is 5.60 Å². The van der Waals surface area contributed by atoms with E-state index in [1.807, 2.05) is 39.0 Å². The predicted octanol–water partition coefficient (Wildman–Crippen LogP) is 4.68. The van der Waals surface area contributed by atoms with E-state index in [1.54, 1.807) is 19.3 Å². The molecule has 0 bridgehead atoms. The lowest BCUT2D eigenvalue weighted by atomic mass is 10.0. The van der Waals surface area contributed by atoms with Crippen molar-refractivity contribution in [2.45, 2.75) is 32.8 Å². The minimum absolute atomic E-state index is 0.397. The maximum atomic E-state index is 12.4. The number of hydrogen-bond acceptors (Lipinski definition) is 3. The van der Waals surface area contributed by atoms with Crippen LogP contribution in [0.15, 0.2) is 30.5 Å². The number of rotatable bonds is 1. The van der Waals surface area contributed by atoms with Crippen LogP contribution in [0.25, 0.3) is 11.1 Å². The van der Waals surface area contributed by atoms with Gasteiger partial charge in [0.25, 0.3) is 0 Å². The molecule has 1 aromatic carbocycles. The zero-order chi connectivity index (χ0) is 16.8. The second-order valence-corrected chi connectivity index (χ2v) is 7.10. The van der Waals surface area contributed by atoms with Gasteiger partial charge in [0.15, 0.2) is 0 Å². The lowest BCUT2D eigenvalue weighted by Gasteiger charge is -2.26. The minimum atomic E-state index is -0.544. The maximum Gasteiger partial charge on any atom is 0.414 e. The van der Waals surface area contributed by atoms with Gasteiger partial charge in [-0.3, -0.25) is 9.88 Å². The Morgan fingerprint density at radius 2 is 2.04 bits per heavy atom. The summed E-state index contributed by atoms with van der Waals surface area (Å²) in [6, 6.07) is 7.67. The number of carbonyl (C=O) groups is 1. The number of anilines is 1. The first-order valence-corrected chi connectivity index (χ1v) is 7.87. The zero-order valence-corrected chi connectivity index (χ0v) is 14.4. The van der Waals surface area contributed by atoms with Gasteiger partial charge in [0, 0.05) is 30.3 Å². The number of amides is 1. The van der Waals surface area contributed by atoms with E-state index >= 15 is 0 Å². The molecule has 0 saturated heterocycles. The Labute approximate surface area is 141 Å². The third kappa shape index (κ3) is 3.04. The molecule has 0 N–H and O–H groups in total. The van der Waals surface area contributed by atoms with Gasteiger partial charge in [-0.25, -0.2) is 4.79 Å². The van der Waals surface area contributed by atoms with E-state index in [1.165, 1.54) is 4.90 Å². The molecule has 1 aliphatic carbocycles. The molecule has 1 aliphatic rings. The predicted molar refractivity (Wildman–Crippen MR) is 92.1 cm³/mol. The Hall–Kier alpha value is -2.07. The fourth-order valence-electron chi connectivity index (χ4n) is 2.77. The van der Waals surface area contributed by atoms with Crippen molar-refractivity contribution in [2.75, 3.05) is 11.9 Å². The van der Waals surface area contributed by atoms with Crippen LogP contribution in [-0.2, 0) is 11.2 Å². The van der Waals surface area contributed by atoms with Gasteiger partial charge >= 0.3 is 6.09 Å². The van der Waals surface area contributed by atoms with E-state index in [0.29, 0.717) is 11.4 Å². The molecule has 3 rings (SSSR count). The lowest BCUT2D eigenvalue weighted by Crippen LogP contribution is -2.34. The van der Waals surface area contributed by atoms with E-state index in [9.17, 15) is 4.79 Å². The third-order valence-electron chi connectivity index (χ3n) is 3.74. The van der Waals surface area contributed by atoms with Gasteiger partial charge in [-0.05, 0) is 50.1 Å². The lowest BCUT2D eigenvalue weighted by molar-refractivity contribution is 0.0589. The van der Waals surface area contributed by atoms with Gasteiger partial charge in [-0.2, -0.15) is 0 Å². The van der Waals surface area contributed by atoms with Crippen molar-refractivity contribution in [1.29, 1.82) is 0 Å². The van der Waals surface area contributed by atoms with E-state index in [-0.39, 0.29) is 0 Å². The van der Waals surface area contributed by atoms with Crippen LogP contribution in [0.4, 0.5) is 10.5 Å². The first-order valence-electron chi connectivity index (χ1n) is 7.49. The van der Waals surface area contributed by atoms with Crippen molar-refractivity contribution < 1.29 is 9.53 Å². The molecule has 5 heteroatoms. The van der Waals surface area contributed by atoms with E-state index in [2.05, 4.69) is 4.98 Å². The fourth-order valence-corrected chi connectivity index (χ4v) is 2.98. The van der Waals surface area contributed by atoms with Crippen molar-refractivity contribution >= 4 is 23.4 Å². The molecule has 0 radical (unpaired) electrons. The molecule has 1 aromatic heterocycles. The SMILES string of the molecule is CN(C(=O)OC(C)(C)C)c1cc(Cl)cc2c1Cc1ncccc1-2. The van der Waals surface area contributed by atoms with E-state index in [4.69, 9.17) is 16.3 Å². The van der Waals surface area contributed by atoms with Crippen LogP contribution in [-0.4, -0.2) is 23.7 Å². The van der Waals surface area contributed by atoms with Crippen LogP contribution < -0.4 is 4.90 Å². The minimum Gasteiger partial charge on any atom is -0.443 e. The van der Waals surface area contributed by atoms with Crippen LogP contribution in [0, 0.1) is 0 Å². The Bertz CT molecular complexity index is 781. The summed E-state index contributed by atoms with van der Waals surface area (Å²) in [5.74, 6) is 0. The Balaban J connectivity index is 2.03. The van der Waals surface area contributed by atoms with Gasteiger partial charge in [-0.1, -0.05) is 17.7 Å². The van der Waals surface area contributed by atoms with Gasteiger partial charge in [0.2, 0.25) is 0 Å². The molecule has 1 amide bonds. The number of benzene rings is 1. The van der Waals surface area contributed by atoms with E-state index in [0.717, 1.165) is 28.1 Å². The maximum absolute atomic E-state index is 12.4. The summed E-state index contributed by atoms with van der Waals surface area (Å²) in [7, 11) is 1.70. The molecule has 0 atom stereocenters. The Morgan fingerprint density at radius 3 is 2.74 bits per heavy atom. The quantitative estimate of drug-likeness (QED) is 0.650. The van der Waals surface area contributed by atoms with Crippen molar-refractivity contribution in [1.82, 2.24) is 4.98 Å². The van der Waals surface area contributed by atoms with Crippen molar-refractivity contribution in [2.24, 2.45) is 0 Å². The second kappa shape index (κ2) is 5.53. The Kier molecular flexibility index (Phi) is 3.80. The number of carbonyl (C=O) groups excluding carboxylic acids is 1. The highest BCUT2D eigenvalue weighted by Crippen LogP contribution is 2.42. The molecule has 0 spiro atoms. The van der Waals surface area contributed by atoms with Crippen LogP contribution in [0.3, 0.4) is 0 Å². The average Bonchev–Trinajstić information content (AvgIpc) is 2.82. The van der Waals surface area contributed by atoms with Crippen LogP contribution >= 0.6 is 11.6 Å². The summed E-state index contributed by atoms with van der Waals surface area (Å²) in [6.07, 6.45) is 2.07. The molecule has 120 valence electrons. The molecular formula is C18H19ClN2O2. The number of pyridine rings is 1. The molecule has 2 aromatic rings. The third-order valence-corrected chi connectivity index (χ3v) is 3.96. The second-order valence-electron chi connectivity index (χ2n) is 6.66. The topological polar surface area (TPSA) is 42.4 Å². The fraction of sp³-hybridized carbons (Fsp3) is 0.333. The number of ether oxygens (including phenoxy) is 1. The van der Waals surface area contributed by atoms with Crippen LogP contribution in [0.1, 0.15) is 32.0 Å². The normalized spacial score (nSPS) is 12.6. The van der Waals surface area contributed by atoms with Crippen LogP contribution in [0.2, 0.25) is 5.02 Å². The Morgan fingerprint density at radius 1 is 1.30 bits per heavy atom. The summed E-state index contributed by atoms with van der Waals surface area (Å²) in [6.45, 7) is 5.54. The standard InChI is InChI=1S/C18H19ClN2O2/c1-18(2,3)23-17(22)21(4)16-9-11(19)8-13-12-6-5-7-20-15(12)10-14(13)16/h5-9H,10H2,1-4H3. The summed E-state index contributed by atoms with van der Waals surface area (Å²) < 4.78 is 5.46. The highest BCUT2D eigenvalue weighted by molar-refractivity contribution is 6.31. The first-order chi connectivity index (χ1) is 10.8. The summed E-state index contributed by atoms with van der Waals surface area (Å²) in [5, 5.41) is 0.589. The number of nitrogens with zero attached hydrogens (tertiary/aromatic N) is 2.